The monoisotopic (exact) mass is 287 g/mol. The first-order chi connectivity index (χ1) is 10.1. The first kappa shape index (κ1) is 13.7. The standard InChI is InChI=1S/C17H15F2NO/c18-13-8-7-12(15(19)10-13)11-20-9-3-6-17(21)14-4-1-2-5-16(14)20/h1-2,4-5,7-8,10H,3,6,9,11H2. The molecule has 0 fully saturated rings. The molecule has 0 bridgehead atoms. The van der Waals surface area contributed by atoms with Gasteiger partial charge in [-0.1, -0.05) is 18.2 Å². The third-order valence-corrected chi connectivity index (χ3v) is 3.75. The Morgan fingerprint density at radius 3 is 2.71 bits per heavy atom. The van der Waals surface area contributed by atoms with E-state index in [0.29, 0.717) is 30.6 Å². The van der Waals surface area contributed by atoms with Crippen LogP contribution < -0.4 is 4.90 Å². The van der Waals surface area contributed by atoms with Gasteiger partial charge in [0.1, 0.15) is 11.6 Å². The van der Waals surface area contributed by atoms with Crippen molar-refractivity contribution in [3.63, 3.8) is 0 Å². The molecule has 108 valence electrons. The van der Waals surface area contributed by atoms with Gasteiger partial charge in [-0.2, -0.15) is 0 Å². The normalized spacial score (nSPS) is 14.8. The van der Waals surface area contributed by atoms with Gasteiger partial charge in [0.05, 0.1) is 0 Å². The van der Waals surface area contributed by atoms with Crippen LogP contribution in [-0.2, 0) is 6.54 Å². The number of Topliss-reactive ketones (excluding diaryl/α,β-unsaturated/α-hetero) is 1. The Morgan fingerprint density at radius 2 is 1.90 bits per heavy atom. The molecule has 1 heterocycles. The molecule has 0 aliphatic carbocycles. The minimum atomic E-state index is -0.581. The predicted octanol–water partition coefficient (Wildman–Crippen LogP) is 3.95. The zero-order valence-corrected chi connectivity index (χ0v) is 11.5. The molecular formula is C17H15F2NO. The second kappa shape index (κ2) is 5.64. The van der Waals surface area contributed by atoms with Crippen molar-refractivity contribution >= 4 is 11.5 Å². The number of benzene rings is 2. The first-order valence-electron chi connectivity index (χ1n) is 6.96. The highest BCUT2D eigenvalue weighted by atomic mass is 19.1. The summed E-state index contributed by atoms with van der Waals surface area (Å²) in [7, 11) is 0. The molecule has 0 saturated heterocycles. The minimum absolute atomic E-state index is 0.118. The highest BCUT2D eigenvalue weighted by molar-refractivity contribution is 6.01. The van der Waals surface area contributed by atoms with Gasteiger partial charge >= 0.3 is 0 Å². The van der Waals surface area contributed by atoms with Crippen LogP contribution in [0.3, 0.4) is 0 Å². The van der Waals surface area contributed by atoms with E-state index in [4.69, 9.17) is 0 Å². The number of anilines is 1. The zero-order valence-electron chi connectivity index (χ0n) is 11.5. The van der Waals surface area contributed by atoms with Crippen LogP contribution in [0.15, 0.2) is 42.5 Å². The molecular weight excluding hydrogens is 272 g/mol. The number of ketones is 1. The van der Waals surface area contributed by atoms with E-state index in [9.17, 15) is 13.6 Å². The highest BCUT2D eigenvalue weighted by Crippen LogP contribution is 2.28. The van der Waals surface area contributed by atoms with Crippen LogP contribution in [0.1, 0.15) is 28.8 Å². The number of halogens is 2. The average molecular weight is 287 g/mol. The molecule has 2 nitrogen and oxygen atoms in total. The van der Waals surface area contributed by atoms with Crippen LogP contribution in [0.25, 0.3) is 0 Å². The van der Waals surface area contributed by atoms with E-state index in [-0.39, 0.29) is 5.78 Å². The number of hydrogen-bond donors (Lipinski definition) is 0. The lowest BCUT2D eigenvalue weighted by Crippen LogP contribution is -2.24. The van der Waals surface area contributed by atoms with Crippen LogP contribution in [0.2, 0.25) is 0 Å². The molecule has 0 radical (unpaired) electrons. The fourth-order valence-electron chi connectivity index (χ4n) is 2.69. The van der Waals surface area contributed by atoms with Gasteiger partial charge in [-0.25, -0.2) is 8.78 Å². The number of carbonyl (C=O) groups excluding carboxylic acids is 1. The maximum Gasteiger partial charge on any atom is 0.165 e. The molecule has 3 rings (SSSR count). The highest BCUT2D eigenvalue weighted by Gasteiger charge is 2.21. The molecule has 2 aromatic carbocycles. The Balaban J connectivity index is 1.95. The van der Waals surface area contributed by atoms with Gasteiger partial charge < -0.3 is 4.90 Å². The maximum absolute atomic E-state index is 13.8. The third kappa shape index (κ3) is 2.79. The van der Waals surface area contributed by atoms with E-state index in [1.165, 1.54) is 12.1 Å². The van der Waals surface area contributed by atoms with Gasteiger partial charge in [0.2, 0.25) is 0 Å². The lowest BCUT2D eigenvalue weighted by atomic mass is 10.1. The molecule has 2 aromatic rings. The van der Waals surface area contributed by atoms with Gasteiger partial charge in [-0.3, -0.25) is 4.79 Å². The fourth-order valence-corrected chi connectivity index (χ4v) is 2.69. The molecule has 0 saturated carbocycles. The molecule has 0 N–H and O–H groups in total. The van der Waals surface area contributed by atoms with Crippen molar-refractivity contribution in [2.75, 3.05) is 11.4 Å². The number of rotatable bonds is 2. The van der Waals surface area contributed by atoms with Crippen molar-refractivity contribution in [3.05, 3.63) is 65.2 Å². The van der Waals surface area contributed by atoms with Gasteiger partial charge in [0, 0.05) is 42.4 Å². The van der Waals surface area contributed by atoms with Gasteiger partial charge in [-0.15, -0.1) is 0 Å². The molecule has 0 spiro atoms. The number of fused-ring (bicyclic) bond motifs is 1. The van der Waals surface area contributed by atoms with Crippen LogP contribution in [0.5, 0.6) is 0 Å². The van der Waals surface area contributed by atoms with E-state index >= 15 is 0 Å². The van der Waals surface area contributed by atoms with Crippen molar-refractivity contribution < 1.29 is 13.6 Å². The van der Waals surface area contributed by atoms with Crippen molar-refractivity contribution in [1.29, 1.82) is 0 Å². The van der Waals surface area contributed by atoms with Gasteiger partial charge in [0.25, 0.3) is 0 Å². The molecule has 1 aliphatic heterocycles. The van der Waals surface area contributed by atoms with Crippen molar-refractivity contribution in [2.45, 2.75) is 19.4 Å². The summed E-state index contributed by atoms with van der Waals surface area (Å²) in [6.07, 6.45) is 1.23. The smallest absolute Gasteiger partial charge is 0.165 e. The summed E-state index contributed by atoms with van der Waals surface area (Å²) in [5.74, 6) is -1.02. The van der Waals surface area contributed by atoms with E-state index < -0.39 is 11.6 Å². The molecule has 0 aromatic heterocycles. The van der Waals surface area contributed by atoms with Crippen molar-refractivity contribution in [2.24, 2.45) is 0 Å². The SMILES string of the molecule is O=C1CCCN(Cc2ccc(F)cc2F)c2ccccc21. The molecule has 1 aliphatic rings. The number of carbonyl (C=O) groups is 1. The summed E-state index contributed by atoms with van der Waals surface area (Å²) in [5.41, 5.74) is 1.93. The zero-order chi connectivity index (χ0) is 14.8. The minimum Gasteiger partial charge on any atom is -0.366 e. The summed E-state index contributed by atoms with van der Waals surface area (Å²) >= 11 is 0. The van der Waals surface area contributed by atoms with Crippen LogP contribution in [0.4, 0.5) is 14.5 Å². The van der Waals surface area contributed by atoms with Crippen LogP contribution in [-0.4, -0.2) is 12.3 Å². The Bertz CT molecular complexity index is 684. The molecule has 0 unspecified atom stereocenters. The van der Waals surface area contributed by atoms with E-state index in [1.54, 1.807) is 6.07 Å². The fraction of sp³-hybridized carbons (Fsp3) is 0.235. The molecule has 0 amide bonds. The number of para-hydroxylation sites is 1. The summed E-state index contributed by atoms with van der Waals surface area (Å²) in [6, 6.07) is 11.0. The maximum atomic E-state index is 13.8. The predicted molar refractivity (Wildman–Crippen MR) is 77.4 cm³/mol. The van der Waals surface area contributed by atoms with Crippen LogP contribution in [0, 0.1) is 11.6 Å². The van der Waals surface area contributed by atoms with Crippen molar-refractivity contribution in [1.82, 2.24) is 0 Å². The first-order valence-corrected chi connectivity index (χ1v) is 6.96. The van der Waals surface area contributed by atoms with E-state index in [2.05, 4.69) is 0 Å². The second-order valence-corrected chi connectivity index (χ2v) is 5.20. The topological polar surface area (TPSA) is 20.3 Å². The van der Waals surface area contributed by atoms with E-state index in [1.807, 2.05) is 23.1 Å². The second-order valence-electron chi connectivity index (χ2n) is 5.20. The summed E-state index contributed by atoms with van der Waals surface area (Å²) < 4.78 is 26.8. The Kier molecular flexibility index (Phi) is 3.69. The number of nitrogens with zero attached hydrogens (tertiary/aromatic N) is 1. The molecule has 0 atom stereocenters. The van der Waals surface area contributed by atoms with Gasteiger partial charge in [0.15, 0.2) is 5.78 Å². The Morgan fingerprint density at radius 1 is 1.10 bits per heavy atom. The van der Waals surface area contributed by atoms with Gasteiger partial charge in [-0.05, 0) is 24.6 Å². The summed E-state index contributed by atoms with van der Waals surface area (Å²) in [6.45, 7) is 1.01. The Labute approximate surface area is 122 Å². The lowest BCUT2D eigenvalue weighted by molar-refractivity contribution is 0.0984. The molecule has 21 heavy (non-hydrogen) atoms. The largest absolute Gasteiger partial charge is 0.366 e. The Hall–Kier alpha value is -2.23. The molecule has 4 heteroatoms. The number of hydrogen-bond acceptors (Lipinski definition) is 2. The third-order valence-electron chi connectivity index (χ3n) is 3.75. The lowest BCUT2D eigenvalue weighted by Gasteiger charge is -2.24. The average Bonchev–Trinajstić information content (AvgIpc) is 2.63. The summed E-state index contributed by atoms with van der Waals surface area (Å²) in [4.78, 5) is 14.0. The van der Waals surface area contributed by atoms with E-state index in [0.717, 1.165) is 18.2 Å². The quantitative estimate of drug-likeness (QED) is 0.833. The van der Waals surface area contributed by atoms with Crippen molar-refractivity contribution in [3.8, 4) is 0 Å². The van der Waals surface area contributed by atoms with Crippen LogP contribution >= 0.6 is 0 Å². The summed E-state index contributed by atoms with van der Waals surface area (Å²) in [5, 5.41) is 0.